The van der Waals surface area contributed by atoms with E-state index in [1.165, 1.54) is 19.3 Å². The van der Waals surface area contributed by atoms with Gasteiger partial charge in [-0.15, -0.1) is 0 Å². The van der Waals surface area contributed by atoms with Gasteiger partial charge < -0.3 is 9.64 Å². The second kappa shape index (κ2) is 3.30. The molecule has 0 bridgehead atoms. The average Bonchev–Trinajstić information content (AvgIpc) is 3.05. The molecule has 0 N–H and O–H groups in total. The van der Waals surface area contributed by atoms with E-state index in [1.807, 2.05) is 0 Å². The van der Waals surface area contributed by atoms with Crippen LogP contribution in [0.25, 0.3) is 0 Å². The Hall–Kier alpha value is -0.570. The Balaban J connectivity index is 1.75. The van der Waals surface area contributed by atoms with Crippen molar-refractivity contribution in [1.82, 2.24) is 4.90 Å². The van der Waals surface area contributed by atoms with Gasteiger partial charge in [-0.05, 0) is 32.1 Å². The smallest absolute Gasteiger partial charge is 0.231 e. The van der Waals surface area contributed by atoms with Gasteiger partial charge >= 0.3 is 0 Å². The molecule has 1 atom stereocenters. The standard InChI is InChI=1S/C15H23NO2/c1-2-15-10-13(8-9-13)12(17)16(15)14(11-18-15)6-4-3-5-7-14/h2-11H2,1H3/t15-/m0/s1. The van der Waals surface area contributed by atoms with E-state index in [0.29, 0.717) is 5.91 Å². The zero-order chi connectivity index (χ0) is 12.4. The fourth-order valence-corrected chi connectivity index (χ4v) is 4.71. The Labute approximate surface area is 109 Å². The summed E-state index contributed by atoms with van der Waals surface area (Å²) in [5.41, 5.74) is -0.163. The fraction of sp³-hybridized carbons (Fsp3) is 0.933. The zero-order valence-corrected chi connectivity index (χ0v) is 11.3. The summed E-state index contributed by atoms with van der Waals surface area (Å²) in [6.07, 6.45) is 10.3. The summed E-state index contributed by atoms with van der Waals surface area (Å²) in [7, 11) is 0. The highest BCUT2D eigenvalue weighted by Crippen LogP contribution is 2.64. The summed E-state index contributed by atoms with van der Waals surface area (Å²) >= 11 is 0. The minimum atomic E-state index is -0.231. The number of fused-ring (bicyclic) bond motifs is 2. The normalized spacial score (nSPS) is 39.6. The predicted octanol–water partition coefficient (Wildman–Crippen LogP) is 2.84. The molecule has 4 aliphatic rings. The quantitative estimate of drug-likeness (QED) is 0.715. The van der Waals surface area contributed by atoms with Crippen LogP contribution < -0.4 is 0 Å². The van der Waals surface area contributed by atoms with Crippen molar-refractivity contribution < 1.29 is 9.53 Å². The van der Waals surface area contributed by atoms with Crippen molar-refractivity contribution in [1.29, 1.82) is 0 Å². The number of hydrogen-bond acceptors (Lipinski definition) is 2. The molecule has 0 unspecified atom stereocenters. The third-order valence-electron chi connectivity index (χ3n) is 5.95. The molecule has 3 heteroatoms. The van der Waals surface area contributed by atoms with E-state index in [4.69, 9.17) is 4.74 Å². The molecule has 0 radical (unpaired) electrons. The van der Waals surface area contributed by atoms with Crippen molar-refractivity contribution in [2.45, 2.75) is 76.0 Å². The summed E-state index contributed by atoms with van der Waals surface area (Å²) in [5.74, 6) is 0.434. The molecule has 2 aliphatic heterocycles. The van der Waals surface area contributed by atoms with Crippen molar-refractivity contribution in [2.24, 2.45) is 5.41 Å². The third-order valence-corrected chi connectivity index (χ3v) is 5.95. The van der Waals surface area contributed by atoms with Crippen LogP contribution in [0.3, 0.4) is 0 Å². The highest BCUT2D eigenvalue weighted by molar-refractivity contribution is 5.89. The first kappa shape index (κ1) is 11.3. The van der Waals surface area contributed by atoms with Gasteiger partial charge in [0.15, 0.2) is 0 Å². The minimum absolute atomic E-state index is 0.000870. The molecular formula is C15H23NO2. The maximum absolute atomic E-state index is 12.9. The van der Waals surface area contributed by atoms with Crippen molar-refractivity contribution in [3.63, 3.8) is 0 Å². The van der Waals surface area contributed by atoms with Crippen LogP contribution in [0.2, 0.25) is 0 Å². The largest absolute Gasteiger partial charge is 0.353 e. The molecule has 3 nitrogen and oxygen atoms in total. The number of ether oxygens (including phenoxy) is 1. The SMILES string of the molecule is CC[C@]12CC3(CC3)C(=O)N1C1(CCCCC1)CO2. The van der Waals surface area contributed by atoms with Crippen LogP contribution in [0.15, 0.2) is 0 Å². The monoisotopic (exact) mass is 249 g/mol. The van der Waals surface area contributed by atoms with Crippen molar-refractivity contribution >= 4 is 5.91 Å². The van der Waals surface area contributed by atoms with Gasteiger partial charge in [0.1, 0.15) is 5.72 Å². The van der Waals surface area contributed by atoms with E-state index in [9.17, 15) is 4.79 Å². The van der Waals surface area contributed by atoms with Gasteiger partial charge in [0.05, 0.1) is 17.6 Å². The van der Waals surface area contributed by atoms with E-state index in [0.717, 1.165) is 45.1 Å². The number of nitrogens with zero attached hydrogens (tertiary/aromatic N) is 1. The molecule has 2 heterocycles. The summed E-state index contributed by atoms with van der Waals surface area (Å²) in [4.78, 5) is 15.1. The predicted molar refractivity (Wildman–Crippen MR) is 67.9 cm³/mol. The number of amides is 1. The van der Waals surface area contributed by atoms with Crippen molar-refractivity contribution in [3.8, 4) is 0 Å². The molecule has 2 aliphatic carbocycles. The van der Waals surface area contributed by atoms with Crippen LogP contribution >= 0.6 is 0 Å². The first-order chi connectivity index (χ1) is 8.67. The maximum Gasteiger partial charge on any atom is 0.231 e. The molecule has 1 amide bonds. The van der Waals surface area contributed by atoms with Crippen LogP contribution in [-0.2, 0) is 9.53 Å². The van der Waals surface area contributed by atoms with Crippen LogP contribution in [0.1, 0.15) is 64.7 Å². The molecule has 2 spiro atoms. The summed E-state index contributed by atoms with van der Waals surface area (Å²) in [5, 5.41) is 0. The molecule has 18 heavy (non-hydrogen) atoms. The van der Waals surface area contributed by atoms with Crippen LogP contribution in [-0.4, -0.2) is 28.7 Å². The fourth-order valence-electron chi connectivity index (χ4n) is 4.71. The van der Waals surface area contributed by atoms with E-state index < -0.39 is 0 Å². The number of carbonyl (C=O) groups excluding carboxylic acids is 1. The molecular weight excluding hydrogens is 226 g/mol. The number of rotatable bonds is 1. The highest BCUT2D eigenvalue weighted by atomic mass is 16.5. The Morgan fingerprint density at radius 1 is 1.17 bits per heavy atom. The summed E-state index contributed by atoms with van der Waals surface area (Å²) in [6.45, 7) is 2.98. The number of hydrogen-bond donors (Lipinski definition) is 0. The zero-order valence-electron chi connectivity index (χ0n) is 11.3. The topological polar surface area (TPSA) is 29.5 Å². The first-order valence-corrected chi connectivity index (χ1v) is 7.65. The average molecular weight is 249 g/mol. The molecule has 2 saturated carbocycles. The van der Waals surface area contributed by atoms with Crippen LogP contribution in [0.4, 0.5) is 0 Å². The highest BCUT2D eigenvalue weighted by Gasteiger charge is 2.71. The molecule has 0 aromatic heterocycles. The van der Waals surface area contributed by atoms with Crippen molar-refractivity contribution in [3.05, 3.63) is 0 Å². The van der Waals surface area contributed by atoms with Gasteiger partial charge in [0.2, 0.25) is 5.91 Å². The van der Waals surface area contributed by atoms with Gasteiger partial charge in [-0.2, -0.15) is 0 Å². The molecule has 0 aromatic carbocycles. The lowest BCUT2D eigenvalue weighted by molar-refractivity contribution is -0.145. The lowest BCUT2D eigenvalue weighted by Gasteiger charge is -2.42. The van der Waals surface area contributed by atoms with E-state index >= 15 is 0 Å². The van der Waals surface area contributed by atoms with Crippen LogP contribution in [0.5, 0.6) is 0 Å². The maximum atomic E-state index is 12.9. The summed E-state index contributed by atoms with van der Waals surface area (Å²) in [6, 6.07) is 0. The molecule has 4 rings (SSSR count). The Morgan fingerprint density at radius 2 is 1.89 bits per heavy atom. The second-order valence-corrected chi connectivity index (χ2v) is 6.97. The molecule has 100 valence electrons. The van der Waals surface area contributed by atoms with E-state index in [-0.39, 0.29) is 16.7 Å². The van der Waals surface area contributed by atoms with Gasteiger partial charge in [-0.1, -0.05) is 26.2 Å². The van der Waals surface area contributed by atoms with E-state index in [1.54, 1.807) is 0 Å². The van der Waals surface area contributed by atoms with E-state index in [2.05, 4.69) is 11.8 Å². The third kappa shape index (κ3) is 1.17. The Morgan fingerprint density at radius 3 is 2.50 bits per heavy atom. The van der Waals surface area contributed by atoms with Gasteiger partial charge in [-0.25, -0.2) is 0 Å². The molecule has 2 saturated heterocycles. The van der Waals surface area contributed by atoms with Gasteiger partial charge in [-0.3, -0.25) is 4.79 Å². The Bertz CT molecular complexity index is 395. The van der Waals surface area contributed by atoms with Crippen LogP contribution in [0, 0.1) is 5.41 Å². The lowest BCUT2D eigenvalue weighted by Crippen LogP contribution is -2.54. The lowest BCUT2D eigenvalue weighted by atomic mass is 9.81. The van der Waals surface area contributed by atoms with Gasteiger partial charge in [0.25, 0.3) is 0 Å². The van der Waals surface area contributed by atoms with Gasteiger partial charge in [0, 0.05) is 6.42 Å². The first-order valence-electron chi connectivity index (χ1n) is 7.65. The molecule has 0 aromatic rings. The van der Waals surface area contributed by atoms with Crippen molar-refractivity contribution in [2.75, 3.05) is 6.61 Å². The second-order valence-electron chi connectivity index (χ2n) is 6.97. The molecule has 4 fully saturated rings. The minimum Gasteiger partial charge on any atom is -0.353 e. The number of carbonyl (C=O) groups is 1. The summed E-state index contributed by atoms with van der Waals surface area (Å²) < 4.78 is 6.26. The Kier molecular flexibility index (Phi) is 2.07.